The monoisotopic (exact) mass is 133 g/mol. The zero-order valence-corrected chi connectivity index (χ0v) is 6.30. The van der Waals surface area contributed by atoms with Crippen molar-refractivity contribution in [2.24, 2.45) is 0 Å². The second kappa shape index (κ2) is 3.15. The van der Waals surface area contributed by atoms with Gasteiger partial charge >= 0.3 is 0 Å². The zero-order valence-electron chi connectivity index (χ0n) is 6.30. The Bertz CT molecular complexity index is 78.4. The van der Waals surface area contributed by atoms with Crippen LogP contribution in [0.1, 0.15) is 27.7 Å². The van der Waals surface area contributed by atoms with Gasteiger partial charge in [0.25, 0.3) is 0 Å². The van der Waals surface area contributed by atoms with Crippen LogP contribution in [0.4, 0.5) is 0 Å². The smallest absolute Gasteiger partial charge is 0.199 e. The van der Waals surface area contributed by atoms with Crippen molar-refractivity contribution in [1.29, 1.82) is 0 Å². The van der Waals surface area contributed by atoms with Gasteiger partial charge in [0.2, 0.25) is 0 Å². The Morgan fingerprint density at radius 2 is 1.78 bits per heavy atom. The van der Waals surface area contributed by atoms with E-state index in [2.05, 4.69) is 4.89 Å². The maximum absolute atomic E-state index is 9.86. The zero-order chi connectivity index (χ0) is 7.49. The fourth-order valence-corrected chi connectivity index (χ4v) is 0.587. The maximum Gasteiger partial charge on any atom is 0.199 e. The summed E-state index contributed by atoms with van der Waals surface area (Å²) in [5, 5.41) is 9.86. The van der Waals surface area contributed by atoms with E-state index in [1.165, 1.54) is 0 Å². The molecule has 1 radical (unpaired) electrons. The lowest BCUT2D eigenvalue weighted by molar-refractivity contribution is -0.434. The molecular formula is C6H13O3. The van der Waals surface area contributed by atoms with Gasteiger partial charge in [0.15, 0.2) is 5.79 Å². The molecule has 0 N–H and O–H groups in total. The Labute approximate surface area is 55.5 Å². The highest BCUT2D eigenvalue weighted by molar-refractivity contribution is 4.51. The van der Waals surface area contributed by atoms with Gasteiger partial charge in [-0.3, -0.25) is 0 Å². The van der Waals surface area contributed by atoms with Gasteiger partial charge in [0.1, 0.15) is 0 Å². The summed E-state index contributed by atoms with van der Waals surface area (Å²) in [6.07, 6.45) is 0.0222. The Balaban J connectivity index is 3.58. The summed E-state index contributed by atoms with van der Waals surface area (Å²) in [6, 6.07) is 0. The van der Waals surface area contributed by atoms with Gasteiger partial charge in [-0.2, -0.15) is 4.89 Å². The Kier molecular flexibility index (Phi) is 3.11. The Morgan fingerprint density at radius 1 is 1.33 bits per heavy atom. The van der Waals surface area contributed by atoms with Gasteiger partial charge in [-0.15, -0.1) is 0 Å². The molecule has 0 aromatic heterocycles. The first kappa shape index (κ1) is 8.88. The topological polar surface area (TPSA) is 38.4 Å². The number of hydrogen-bond acceptors (Lipinski definition) is 2. The second-order valence-electron chi connectivity index (χ2n) is 2.65. The van der Waals surface area contributed by atoms with Crippen LogP contribution in [0.25, 0.3) is 0 Å². The summed E-state index contributed by atoms with van der Waals surface area (Å²) in [6.45, 7) is 6.86. The van der Waals surface area contributed by atoms with Crippen LogP contribution in [-0.2, 0) is 14.9 Å². The average molecular weight is 133 g/mol. The molecule has 0 aliphatic rings. The third-order valence-electron chi connectivity index (χ3n) is 0.720. The van der Waals surface area contributed by atoms with Gasteiger partial charge in [0, 0.05) is 0 Å². The minimum absolute atomic E-state index is 0.0222. The van der Waals surface area contributed by atoms with Crippen LogP contribution in [0.5, 0.6) is 0 Å². The molecule has 0 unspecified atom stereocenters. The molecule has 0 atom stereocenters. The molecule has 0 aliphatic carbocycles. The van der Waals surface area contributed by atoms with Gasteiger partial charge in [-0.05, 0) is 33.0 Å². The van der Waals surface area contributed by atoms with Crippen molar-refractivity contribution in [3.05, 3.63) is 0 Å². The van der Waals surface area contributed by atoms with Crippen molar-refractivity contribution >= 4 is 0 Å². The number of hydrogen-bond donors (Lipinski definition) is 0. The molecule has 0 aliphatic heterocycles. The fourth-order valence-electron chi connectivity index (χ4n) is 0.587. The van der Waals surface area contributed by atoms with Crippen LogP contribution in [0.3, 0.4) is 0 Å². The van der Waals surface area contributed by atoms with Gasteiger partial charge in [0.05, 0.1) is 6.10 Å². The summed E-state index contributed by atoms with van der Waals surface area (Å²) in [5.74, 6) is -0.992. The highest BCUT2D eigenvalue weighted by Gasteiger charge is 2.20. The van der Waals surface area contributed by atoms with Crippen LogP contribution >= 0.6 is 0 Å². The Morgan fingerprint density at radius 3 is 1.89 bits per heavy atom. The molecule has 0 fully saturated rings. The summed E-state index contributed by atoms with van der Waals surface area (Å²) in [4.78, 5) is 3.78. The first-order valence-corrected chi connectivity index (χ1v) is 2.97. The molecule has 0 spiro atoms. The van der Waals surface area contributed by atoms with E-state index in [4.69, 9.17) is 4.74 Å². The summed E-state index contributed by atoms with van der Waals surface area (Å²) >= 11 is 0. The third-order valence-corrected chi connectivity index (χ3v) is 0.720. The molecule has 0 saturated heterocycles. The molecule has 55 valence electrons. The van der Waals surface area contributed by atoms with Gasteiger partial charge < -0.3 is 4.74 Å². The lowest BCUT2D eigenvalue weighted by atomic mass is 10.3. The first-order chi connectivity index (χ1) is 3.98. The number of ether oxygens (including phenoxy) is 1. The van der Waals surface area contributed by atoms with E-state index in [1.54, 1.807) is 13.8 Å². The lowest BCUT2D eigenvalue weighted by Gasteiger charge is -2.22. The quantitative estimate of drug-likeness (QED) is 0.332. The predicted molar refractivity (Wildman–Crippen MR) is 32.1 cm³/mol. The van der Waals surface area contributed by atoms with Crippen molar-refractivity contribution in [2.45, 2.75) is 39.6 Å². The summed E-state index contributed by atoms with van der Waals surface area (Å²) in [5.41, 5.74) is 0. The highest BCUT2D eigenvalue weighted by Crippen LogP contribution is 2.11. The second-order valence-corrected chi connectivity index (χ2v) is 2.65. The third kappa shape index (κ3) is 4.39. The minimum atomic E-state index is -0.992. The Hall–Kier alpha value is -0.120. The SMILES string of the molecule is CC(C)OC(C)(C)O[O]. The van der Waals surface area contributed by atoms with Crippen LogP contribution in [-0.4, -0.2) is 11.9 Å². The predicted octanol–water partition coefficient (Wildman–Crippen LogP) is 1.51. The molecule has 3 heteroatoms. The maximum atomic E-state index is 9.86. The highest BCUT2D eigenvalue weighted by atomic mass is 17.1. The van der Waals surface area contributed by atoms with E-state index in [1.807, 2.05) is 13.8 Å². The molecule has 0 rings (SSSR count). The van der Waals surface area contributed by atoms with E-state index < -0.39 is 5.79 Å². The molecule has 0 bridgehead atoms. The normalized spacial score (nSPS) is 12.7. The van der Waals surface area contributed by atoms with E-state index >= 15 is 0 Å². The van der Waals surface area contributed by atoms with E-state index in [9.17, 15) is 5.26 Å². The molecule has 9 heavy (non-hydrogen) atoms. The first-order valence-electron chi connectivity index (χ1n) is 2.97. The molecule has 0 aromatic rings. The largest absolute Gasteiger partial charge is 0.345 e. The molecular weight excluding hydrogens is 120 g/mol. The van der Waals surface area contributed by atoms with Crippen LogP contribution in [0, 0.1) is 0 Å². The van der Waals surface area contributed by atoms with E-state index in [0.717, 1.165) is 0 Å². The summed E-state index contributed by atoms with van der Waals surface area (Å²) in [7, 11) is 0. The standard InChI is InChI=1S/C6H13O3/c1-5(2)8-6(3,4)9-7/h5H,1-4H3. The molecule has 0 saturated carbocycles. The fraction of sp³-hybridized carbons (Fsp3) is 1.00. The van der Waals surface area contributed by atoms with Gasteiger partial charge in [-0.25, -0.2) is 0 Å². The van der Waals surface area contributed by atoms with Crippen molar-refractivity contribution < 1.29 is 14.9 Å². The van der Waals surface area contributed by atoms with Crippen molar-refractivity contribution in [3.8, 4) is 0 Å². The van der Waals surface area contributed by atoms with Crippen molar-refractivity contribution in [2.75, 3.05) is 0 Å². The molecule has 3 nitrogen and oxygen atoms in total. The van der Waals surface area contributed by atoms with Crippen LogP contribution in [0.15, 0.2) is 0 Å². The molecule has 0 amide bonds. The van der Waals surface area contributed by atoms with Crippen molar-refractivity contribution in [3.63, 3.8) is 0 Å². The lowest BCUT2D eigenvalue weighted by Crippen LogP contribution is -2.29. The van der Waals surface area contributed by atoms with Gasteiger partial charge in [-0.1, -0.05) is 0 Å². The molecule has 0 heterocycles. The molecule has 0 aromatic carbocycles. The summed E-state index contributed by atoms with van der Waals surface area (Å²) < 4.78 is 5.05. The van der Waals surface area contributed by atoms with E-state index in [-0.39, 0.29) is 6.10 Å². The minimum Gasteiger partial charge on any atom is -0.345 e. The van der Waals surface area contributed by atoms with Crippen LogP contribution < -0.4 is 0 Å². The van der Waals surface area contributed by atoms with Crippen LogP contribution in [0.2, 0.25) is 0 Å². The van der Waals surface area contributed by atoms with E-state index in [0.29, 0.717) is 0 Å². The number of rotatable bonds is 3. The van der Waals surface area contributed by atoms with Crippen molar-refractivity contribution in [1.82, 2.24) is 0 Å². The average Bonchev–Trinajstić information content (AvgIpc) is 1.63.